The highest BCUT2D eigenvalue weighted by Gasteiger charge is 2.47. The van der Waals surface area contributed by atoms with Gasteiger partial charge in [0.05, 0.1) is 38.8 Å². The van der Waals surface area contributed by atoms with E-state index < -0.39 is 37.2 Å². The predicted octanol–water partition coefficient (Wildman–Crippen LogP) is 2.04. The standard InChI is InChI=1S/C20H20F4N8O/c1-30-9-15(20(23,24)10-30)25-19-26-18(33-2)17-16(12(22)8-32(17)28-19)11-3-4-13-14(7-11)31(6-5-21)29-27-13/h3-4,7-8,15H,5-6,9-10H2,1-2H3,(H,25,28)/i8D. The number of likely N-dealkylation sites (tertiary alicyclic amines) is 1. The molecule has 5 rings (SSSR count). The van der Waals surface area contributed by atoms with Crippen LogP contribution in [0.3, 0.4) is 0 Å². The molecule has 13 heteroatoms. The van der Waals surface area contributed by atoms with E-state index in [1.165, 1.54) is 16.7 Å². The van der Waals surface area contributed by atoms with E-state index in [0.29, 0.717) is 16.6 Å². The second-order valence-electron chi connectivity index (χ2n) is 7.85. The van der Waals surface area contributed by atoms with Gasteiger partial charge in [-0.1, -0.05) is 11.3 Å². The van der Waals surface area contributed by atoms with Crippen LogP contribution in [0.2, 0.25) is 0 Å². The molecule has 0 aliphatic carbocycles. The highest BCUT2D eigenvalue weighted by molar-refractivity contribution is 5.89. The normalized spacial score (nSPS) is 19.6. The molecule has 1 aliphatic rings. The number of hydrogen-bond acceptors (Lipinski definition) is 6. The molecule has 1 fully saturated rings. The summed E-state index contributed by atoms with van der Waals surface area (Å²) in [5, 5.41) is 10.5. The van der Waals surface area contributed by atoms with Gasteiger partial charge in [0.1, 0.15) is 23.7 Å². The number of halogens is 4. The molecule has 0 radical (unpaired) electrons. The summed E-state index contributed by atoms with van der Waals surface area (Å²) in [6.45, 7) is -1.10. The predicted molar refractivity (Wildman–Crippen MR) is 110 cm³/mol. The third-order valence-corrected chi connectivity index (χ3v) is 5.53. The Kier molecular flexibility index (Phi) is 4.78. The number of benzene rings is 1. The van der Waals surface area contributed by atoms with Gasteiger partial charge in [0, 0.05) is 6.54 Å². The third kappa shape index (κ3) is 3.61. The van der Waals surface area contributed by atoms with E-state index in [0.717, 1.165) is 4.52 Å². The molecule has 1 saturated heterocycles. The number of fused-ring (bicyclic) bond motifs is 2. The molecule has 4 heterocycles. The van der Waals surface area contributed by atoms with Crippen molar-refractivity contribution in [3.8, 4) is 17.0 Å². The first kappa shape index (κ1) is 20.1. The average molecular weight is 465 g/mol. The van der Waals surface area contributed by atoms with Crippen LogP contribution in [0.25, 0.3) is 27.7 Å². The molecule has 1 atom stereocenters. The van der Waals surface area contributed by atoms with Crippen molar-refractivity contribution in [2.45, 2.75) is 18.5 Å². The minimum atomic E-state index is -3.06. The van der Waals surface area contributed by atoms with Crippen LogP contribution in [0.15, 0.2) is 29.4 Å². The fourth-order valence-corrected chi connectivity index (χ4v) is 4.06. The second-order valence-corrected chi connectivity index (χ2v) is 7.85. The monoisotopic (exact) mass is 465 g/mol. The van der Waals surface area contributed by atoms with Crippen molar-refractivity contribution < 1.29 is 23.7 Å². The van der Waals surface area contributed by atoms with Crippen molar-refractivity contribution in [2.75, 3.05) is 33.9 Å². The number of nitrogens with zero attached hydrogens (tertiary/aromatic N) is 7. The lowest BCUT2D eigenvalue weighted by Gasteiger charge is -2.13. The molecule has 4 aromatic rings. The highest BCUT2D eigenvalue weighted by atomic mass is 19.3. The molecule has 0 bridgehead atoms. The molecule has 33 heavy (non-hydrogen) atoms. The van der Waals surface area contributed by atoms with E-state index >= 15 is 4.39 Å². The zero-order valence-electron chi connectivity index (χ0n) is 18.7. The number of alkyl halides is 3. The van der Waals surface area contributed by atoms with Crippen LogP contribution in [0.1, 0.15) is 1.37 Å². The summed E-state index contributed by atoms with van der Waals surface area (Å²) >= 11 is 0. The molecule has 1 aliphatic heterocycles. The van der Waals surface area contributed by atoms with E-state index in [9.17, 15) is 13.2 Å². The van der Waals surface area contributed by atoms with Gasteiger partial charge < -0.3 is 4.74 Å². The molecule has 1 aromatic carbocycles. The minimum Gasteiger partial charge on any atom is -0.479 e. The second kappa shape index (κ2) is 7.83. The Balaban J connectivity index is 1.71. The molecule has 0 amide bonds. The maximum atomic E-state index is 15.3. The first-order valence-corrected chi connectivity index (χ1v) is 10.1. The summed E-state index contributed by atoms with van der Waals surface area (Å²) in [5.74, 6) is -4.05. The first-order chi connectivity index (χ1) is 16.2. The van der Waals surface area contributed by atoms with Crippen LogP contribution < -0.4 is 10.4 Å². The number of aromatic nitrogens is 6. The van der Waals surface area contributed by atoms with Crippen LogP contribution >= 0.6 is 0 Å². The smallest absolute Gasteiger partial charge is 0.283 e. The molecule has 0 spiro atoms. The van der Waals surface area contributed by atoms with Crippen molar-refractivity contribution in [3.05, 3.63) is 35.8 Å². The maximum absolute atomic E-state index is 15.3. The van der Waals surface area contributed by atoms with Crippen LogP contribution in [0, 0.1) is 5.82 Å². The van der Waals surface area contributed by atoms with Gasteiger partial charge in [0.15, 0.2) is 5.82 Å². The topological polar surface area (TPSA) is 88.6 Å². The van der Waals surface area contributed by atoms with Crippen molar-refractivity contribution >= 4 is 16.6 Å². The van der Waals surface area contributed by atoms with E-state index in [1.807, 2.05) is 0 Å². The van der Waals surface area contributed by atoms with Crippen LogP contribution in [-0.2, 0) is 6.54 Å². The Morgan fingerprint density at radius 3 is 2.91 bits per heavy atom. The lowest BCUT2D eigenvalue weighted by atomic mass is 10.1. The average Bonchev–Trinajstić information content (AvgIpc) is 3.40. The number of hydrogen-bond donors (Lipinski definition) is 1. The summed E-state index contributed by atoms with van der Waals surface area (Å²) < 4.78 is 72.7. The Labute approximate surface area is 185 Å². The van der Waals surface area contributed by atoms with Gasteiger partial charge in [-0.05, 0) is 24.7 Å². The zero-order chi connectivity index (χ0) is 24.2. The lowest BCUT2D eigenvalue weighted by Crippen LogP contribution is -2.33. The minimum absolute atomic E-state index is 0.00187. The van der Waals surface area contributed by atoms with Crippen LogP contribution in [0.5, 0.6) is 5.88 Å². The van der Waals surface area contributed by atoms with E-state index in [1.54, 1.807) is 25.2 Å². The fraction of sp³-hybridized carbons (Fsp3) is 0.400. The number of likely N-dealkylation sites (N-methyl/N-ethyl adjacent to an activating group) is 1. The van der Waals surface area contributed by atoms with Crippen LogP contribution in [0.4, 0.5) is 17.6 Å². The molecular formula is C20H20F4N8O. The molecule has 1 unspecified atom stereocenters. The Hall–Kier alpha value is -3.48. The molecule has 9 nitrogen and oxygen atoms in total. The molecule has 3 aromatic heterocycles. The number of rotatable bonds is 5. The molecular weight excluding hydrogens is 444 g/mol. The zero-order valence-corrected chi connectivity index (χ0v) is 17.7. The largest absolute Gasteiger partial charge is 0.479 e. The van der Waals surface area contributed by atoms with Gasteiger partial charge in [-0.25, -0.2) is 27.2 Å². The Morgan fingerprint density at radius 2 is 2.21 bits per heavy atom. The summed E-state index contributed by atoms with van der Waals surface area (Å²) in [5.41, 5.74) is 1.19. The van der Waals surface area contributed by atoms with Gasteiger partial charge in [-0.15, -0.1) is 5.10 Å². The molecule has 1 N–H and O–H groups in total. The SMILES string of the molecule is [2H]c1c(F)c(-c2ccc3nnn(CCF)c3c2)c2c(OC)nc(=NC3CN(C)CC3(F)F)[nH]n12. The van der Waals surface area contributed by atoms with Crippen molar-refractivity contribution in [2.24, 2.45) is 4.99 Å². The number of aryl methyl sites for hydroxylation is 1. The highest BCUT2D eigenvalue weighted by Crippen LogP contribution is 2.34. The number of ether oxygens (including phenoxy) is 1. The fourth-order valence-electron chi connectivity index (χ4n) is 4.06. The van der Waals surface area contributed by atoms with Gasteiger partial charge in [0.25, 0.3) is 5.92 Å². The van der Waals surface area contributed by atoms with Crippen molar-refractivity contribution in [1.82, 2.24) is 34.5 Å². The summed E-state index contributed by atoms with van der Waals surface area (Å²) in [4.78, 5) is 9.64. The van der Waals surface area contributed by atoms with E-state index in [-0.39, 0.29) is 35.7 Å². The number of aromatic amines is 1. The molecule has 0 saturated carbocycles. The van der Waals surface area contributed by atoms with Gasteiger partial charge in [-0.3, -0.25) is 14.5 Å². The third-order valence-electron chi connectivity index (χ3n) is 5.53. The quantitative estimate of drug-likeness (QED) is 0.456. The van der Waals surface area contributed by atoms with Gasteiger partial charge in [0.2, 0.25) is 11.5 Å². The summed E-state index contributed by atoms with van der Waals surface area (Å²) in [6, 6.07) is 3.41. The lowest BCUT2D eigenvalue weighted by molar-refractivity contribution is 0.000407. The number of nitrogens with one attached hydrogen (secondary N) is 1. The number of H-pyrrole nitrogens is 1. The van der Waals surface area contributed by atoms with Crippen molar-refractivity contribution in [1.29, 1.82) is 0 Å². The summed E-state index contributed by atoms with van der Waals surface area (Å²) in [6.07, 6.45) is -0.562. The van der Waals surface area contributed by atoms with E-state index in [2.05, 4.69) is 25.4 Å². The maximum Gasteiger partial charge on any atom is 0.283 e. The number of methoxy groups -OCH3 is 1. The van der Waals surface area contributed by atoms with Gasteiger partial charge in [-0.2, -0.15) is 4.98 Å². The van der Waals surface area contributed by atoms with E-state index in [4.69, 9.17) is 6.11 Å². The molecule has 174 valence electrons. The van der Waals surface area contributed by atoms with Crippen molar-refractivity contribution in [3.63, 3.8) is 0 Å². The van der Waals surface area contributed by atoms with Gasteiger partial charge >= 0.3 is 0 Å². The Morgan fingerprint density at radius 1 is 1.39 bits per heavy atom. The first-order valence-electron chi connectivity index (χ1n) is 10.6. The van der Waals surface area contributed by atoms with Crippen LogP contribution in [-0.4, -0.2) is 80.4 Å². The summed E-state index contributed by atoms with van der Waals surface area (Å²) in [7, 11) is 2.86. The Bertz CT molecular complexity index is 1460.